The summed E-state index contributed by atoms with van der Waals surface area (Å²) in [5.74, 6) is -0.494. The van der Waals surface area contributed by atoms with Gasteiger partial charge in [0.2, 0.25) is 11.8 Å². The zero-order chi connectivity index (χ0) is 16.9. The summed E-state index contributed by atoms with van der Waals surface area (Å²) in [5.41, 5.74) is 6.77. The van der Waals surface area contributed by atoms with Crippen LogP contribution in [-0.4, -0.2) is 44.8 Å². The second-order valence-electron chi connectivity index (χ2n) is 5.73. The number of likely N-dealkylation sites (tertiary alicyclic amines) is 1. The summed E-state index contributed by atoms with van der Waals surface area (Å²) in [7, 11) is 0. The van der Waals surface area contributed by atoms with E-state index in [1.807, 2.05) is 30.3 Å². The Balaban J connectivity index is 1.59. The van der Waals surface area contributed by atoms with Crippen molar-refractivity contribution in [1.29, 1.82) is 0 Å². The average Bonchev–Trinajstić information content (AvgIpc) is 3.09. The van der Waals surface area contributed by atoms with E-state index in [2.05, 4.69) is 10.2 Å². The van der Waals surface area contributed by atoms with Gasteiger partial charge < -0.3 is 10.6 Å². The van der Waals surface area contributed by atoms with E-state index in [0.717, 1.165) is 5.69 Å². The molecule has 1 aromatic carbocycles. The van der Waals surface area contributed by atoms with Crippen LogP contribution in [0.15, 0.2) is 42.6 Å². The maximum Gasteiger partial charge on any atom is 0.246 e. The Morgan fingerprint density at radius 1 is 1.17 bits per heavy atom. The fraction of sp³-hybridized carbons (Fsp3) is 0.294. The normalized spacial score (nSPS) is 15.8. The Bertz CT molecular complexity index is 745. The predicted molar refractivity (Wildman–Crippen MR) is 88.9 cm³/mol. The van der Waals surface area contributed by atoms with Crippen molar-refractivity contribution in [2.45, 2.75) is 12.8 Å². The van der Waals surface area contributed by atoms with Gasteiger partial charge in [0.25, 0.3) is 0 Å². The first-order chi connectivity index (χ1) is 11.6. The highest BCUT2D eigenvalue weighted by Crippen LogP contribution is 2.17. The molecular weight excluding hydrogens is 306 g/mol. The lowest BCUT2D eigenvalue weighted by Gasteiger charge is -2.29. The largest absolute Gasteiger partial charge is 0.369 e. The van der Waals surface area contributed by atoms with Crippen molar-refractivity contribution in [1.82, 2.24) is 19.9 Å². The van der Waals surface area contributed by atoms with E-state index < -0.39 is 0 Å². The molecule has 1 aliphatic rings. The molecule has 7 heteroatoms. The number of hydrogen-bond acceptors (Lipinski definition) is 4. The molecule has 0 radical (unpaired) electrons. The van der Waals surface area contributed by atoms with Crippen LogP contribution in [0.5, 0.6) is 0 Å². The van der Waals surface area contributed by atoms with E-state index in [4.69, 9.17) is 5.73 Å². The van der Waals surface area contributed by atoms with Gasteiger partial charge in [0.05, 0.1) is 11.9 Å². The van der Waals surface area contributed by atoms with Crippen molar-refractivity contribution in [2.24, 2.45) is 11.7 Å². The number of amides is 2. The molecule has 1 saturated heterocycles. The van der Waals surface area contributed by atoms with Gasteiger partial charge in [-0.1, -0.05) is 18.2 Å². The number of piperidine rings is 1. The molecule has 7 nitrogen and oxygen atoms in total. The first-order valence-corrected chi connectivity index (χ1v) is 7.87. The molecule has 124 valence electrons. The number of hydrogen-bond donors (Lipinski definition) is 1. The van der Waals surface area contributed by atoms with Crippen molar-refractivity contribution in [2.75, 3.05) is 13.1 Å². The van der Waals surface area contributed by atoms with Gasteiger partial charge in [-0.25, -0.2) is 0 Å². The minimum absolute atomic E-state index is 0.0906. The fourth-order valence-corrected chi connectivity index (χ4v) is 2.68. The summed E-state index contributed by atoms with van der Waals surface area (Å²) in [5, 5.41) is 8.50. The molecule has 3 rings (SSSR count). The van der Waals surface area contributed by atoms with Crippen LogP contribution in [0.1, 0.15) is 18.5 Å². The number of primary amides is 1. The number of rotatable bonds is 4. The fourth-order valence-electron chi connectivity index (χ4n) is 2.68. The number of nitrogens with zero attached hydrogens (tertiary/aromatic N) is 4. The van der Waals surface area contributed by atoms with Gasteiger partial charge in [-0.05, 0) is 31.1 Å². The third-order valence-corrected chi connectivity index (χ3v) is 4.10. The van der Waals surface area contributed by atoms with Crippen molar-refractivity contribution in [3.05, 3.63) is 48.3 Å². The Morgan fingerprint density at radius 2 is 1.88 bits per heavy atom. The number of nitrogens with two attached hydrogens (primary N) is 1. The summed E-state index contributed by atoms with van der Waals surface area (Å²) >= 11 is 0. The van der Waals surface area contributed by atoms with Crippen molar-refractivity contribution < 1.29 is 9.59 Å². The summed E-state index contributed by atoms with van der Waals surface area (Å²) in [6.45, 7) is 1.10. The molecule has 1 aromatic heterocycles. The molecule has 2 amide bonds. The maximum absolute atomic E-state index is 12.2. The van der Waals surface area contributed by atoms with Gasteiger partial charge in [0.1, 0.15) is 5.69 Å². The maximum atomic E-state index is 12.2. The molecule has 1 fully saturated rings. The summed E-state index contributed by atoms with van der Waals surface area (Å²) in [6, 6.07) is 9.55. The number of carbonyl (C=O) groups is 2. The molecule has 2 aromatic rings. The highest BCUT2D eigenvalue weighted by Gasteiger charge is 2.24. The summed E-state index contributed by atoms with van der Waals surface area (Å²) in [6.07, 6.45) is 5.99. The van der Waals surface area contributed by atoms with Gasteiger partial charge in [0, 0.05) is 25.1 Å². The van der Waals surface area contributed by atoms with Gasteiger partial charge in [-0.2, -0.15) is 9.90 Å². The van der Waals surface area contributed by atoms with Gasteiger partial charge in [-0.15, -0.1) is 5.10 Å². The quantitative estimate of drug-likeness (QED) is 0.849. The number of aromatic nitrogens is 3. The molecular formula is C17H19N5O2. The highest BCUT2D eigenvalue weighted by molar-refractivity contribution is 5.91. The van der Waals surface area contributed by atoms with E-state index in [0.29, 0.717) is 31.6 Å². The zero-order valence-corrected chi connectivity index (χ0v) is 13.2. The van der Waals surface area contributed by atoms with Gasteiger partial charge >= 0.3 is 0 Å². The second-order valence-corrected chi connectivity index (χ2v) is 5.73. The molecule has 0 aliphatic carbocycles. The smallest absolute Gasteiger partial charge is 0.246 e. The van der Waals surface area contributed by atoms with E-state index in [9.17, 15) is 9.59 Å². The minimum atomic E-state index is -0.282. The molecule has 0 saturated carbocycles. The second kappa shape index (κ2) is 7.08. The van der Waals surface area contributed by atoms with Crippen molar-refractivity contribution in [3.8, 4) is 5.69 Å². The van der Waals surface area contributed by atoms with E-state index in [1.54, 1.807) is 17.2 Å². The lowest BCUT2D eigenvalue weighted by Crippen LogP contribution is -2.41. The van der Waals surface area contributed by atoms with Crippen molar-refractivity contribution in [3.63, 3.8) is 0 Å². The van der Waals surface area contributed by atoms with Crippen LogP contribution in [0.25, 0.3) is 11.8 Å². The summed E-state index contributed by atoms with van der Waals surface area (Å²) < 4.78 is 0. The van der Waals surface area contributed by atoms with Gasteiger partial charge in [-0.3, -0.25) is 9.59 Å². The molecule has 2 heterocycles. The third kappa shape index (κ3) is 3.68. The standard InChI is InChI=1S/C17H19N5O2/c18-17(24)13-8-10-21(11-9-13)16(23)7-6-14-12-19-22(20-14)15-4-2-1-3-5-15/h1-7,12-13H,8-11H2,(H2,18,24). The monoisotopic (exact) mass is 325 g/mol. The van der Waals surface area contributed by atoms with E-state index in [-0.39, 0.29) is 17.7 Å². The van der Waals surface area contributed by atoms with Crippen LogP contribution in [0.2, 0.25) is 0 Å². The van der Waals surface area contributed by atoms with Gasteiger partial charge in [0.15, 0.2) is 0 Å². The Morgan fingerprint density at radius 3 is 2.54 bits per heavy atom. The molecule has 0 bridgehead atoms. The SMILES string of the molecule is NC(=O)C1CCN(C(=O)C=Cc2cnn(-c3ccccc3)n2)CC1. The number of para-hydroxylation sites is 1. The average molecular weight is 325 g/mol. The molecule has 24 heavy (non-hydrogen) atoms. The molecule has 0 unspecified atom stereocenters. The summed E-state index contributed by atoms with van der Waals surface area (Å²) in [4.78, 5) is 26.6. The topological polar surface area (TPSA) is 94.1 Å². The number of benzene rings is 1. The predicted octanol–water partition coefficient (Wildman–Crippen LogP) is 1.00. The highest BCUT2D eigenvalue weighted by atomic mass is 16.2. The molecule has 2 N–H and O–H groups in total. The Kier molecular flexibility index (Phi) is 4.69. The Labute approximate surface area is 139 Å². The molecule has 0 spiro atoms. The number of carbonyl (C=O) groups excluding carboxylic acids is 2. The first kappa shape index (κ1) is 15.9. The van der Waals surface area contributed by atoms with E-state index >= 15 is 0 Å². The third-order valence-electron chi connectivity index (χ3n) is 4.10. The van der Waals surface area contributed by atoms with Crippen LogP contribution in [-0.2, 0) is 9.59 Å². The zero-order valence-electron chi connectivity index (χ0n) is 13.2. The van der Waals surface area contributed by atoms with Crippen LogP contribution in [0.3, 0.4) is 0 Å². The van der Waals surface area contributed by atoms with Crippen LogP contribution < -0.4 is 5.73 Å². The van der Waals surface area contributed by atoms with Crippen molar-refractivity contribution >= 4 is 17.9 Å². The lowest BCUT2D eigenvalue weighted by molar-refractivity contribution is -0.130. The van der Waals surface area contributed by atoms with Crippen LogP contribution in [0.4, 0.5) is 0 Å². The molecule has 0 atom stereocenters. The first-order valence-electron chi connectivity index (χ1n) is 7.87. The van der Waals surface area contributed by atoms with E-state index in [1.165, 1.54) is 10.9 Å². The van der Waals surface area contributed by atoms with Crippen LogP contribution in [0, 0.1) is 5.92 Å². The Hall–Kier alpha value is -2.96. The lowest BCUT2D eigenvalue weighted by atomic mass is 9.96. The van der Waals surface area contributed by atoms with Crippen LogP contribution >= 0.6 is 0 Å². The minimum Gasteiger partial charge on any atom is -0.369 e. The molecule has 1 aliphatic heterocycles.